The van der Waals surface area contributed by atoms with Gasteiger partial charge < -0.3 is 5.73 Å². The van der Waals surface area contributed by atoms with Crippen LogP contribution in [-0.2, 0) is 11.3 Å². The average Bonchev–Trinajstić information content (AvgIpc) is 2.87. The lowest BCUT2D eigenvalue weighted by Crippen LogP contribution is -2.03. The van der Waals surface area contributed by atoms with Gasteiger partial charge in [0.25, 0.3) is 0 Å². The van der Waals surface area contributed by atoms with E-state index in [0.717, 1.165) is 5.57 Å². The molecule has 0 saturated heterocycles. The van der Waals surface area contributed by atoms with Crippen molar-refractivity contribution >= 4 is 32.8 Å². The van der Waals surface area contributed by atoms with Gasteiger partial charge in [0.2, 0.25) is 0 Å². The number of benzene rings is 1. The Balaban J connectivity index is 0.000000774. The van der Waals surface area contributed by atoms with Crippen LogP contribution in [-0.4, -0.2) is 5.78 Å². The fourth-order valence-electron chi connectivity index (χ4n) is 2.52. The smallest absolute Gasteiger partial charge is 0.159 e. The first-order valence-electron chi connectivity index (χ1n) is 7.32. The highest BCUT2D eigenvalue weighted by molar-refractivity contribution is 7.20. The number of hydrogen-bond donors (Lipinski definition) is 1. The minimum atomic E-state index is 0.177. The normalized spacial score (nSPS) is 14.4. The summed E-state index contributed by atoms with van der Waals surface area (Å²) in [6.45, 7) is 6.55. The number of allylic oxidation sites excluding steroid dienone is 4. The number of carbonyl (C=O) groups excluding carboxylic acids is 1. The molecule has 1 heterocycles. The number of carbonyl (C=O) groups is 1. The Bertz CT molecular complexity index is 722. The zero-order valence-corrected chi connectivity index (χ0v) is 13.6. The zero-order valence-electron chi connectivity index (χ0n) is 12.8. The van der Waals surface area contributed by atoms with Gasteiger partial charge in [0.1, 0.15) is 0 Å². The molecule has 0 saturated carbocycles. The van der Waals surface area contributed by atoms with Gasteiger partial charge in [-0.25, -0.2) is 0 Å². The van der Waals surface area contributed by atoms with Crippen molar-refractivity contribution in [2.75, 3.05) is 0 Å². The summed E-state index contributed by atoms with van der Waals surface area (Å²) >= 11 is 1.76. The second-order valence-electron chi connectivity index (χ2n) is 4.78. The van der Waals surface area contributed by atoms with E-state index in [2.05, 4.69) is 12.1 Å². The monoisotopic (exact) mass is 299 g/mol. The van der Waals surface area contributed by atoms with E-state index in [4.69, 9.17) is 5.73 Å². The molecule has 1 aromatic carbocycles. The van der Waals surface area contributed by atoms with E-state index in [1.807, 2.05) is 39.0 Å². The number of ketones is 1. The van der Waals surface area contributed by atoms with Gasteiger partial charge in [-0.15, -0.1) is 11.3 Å². The molecule has 0 spiro atoms. The van der Waals surface area contributed by atoms with Crippen LogP contribution in [0.2, 0.25) is 0 Å². The summed E-state index contributed by atoms with van der Waals surface area (Å²) in [5.41, 5.74) is 9.42. The third-order valence-electron chi connectivity index (χ3n) is 3.48. The van der Waals surface area contributed by atoms with Crippen LogP contribution in [0, 0.1) is 0 Å². The molecule has 3 rings (SSSR count). The van der Waals surface area contributed by atoms with Crippen LogP contribution in [0.5, 0.6) is 0 Å². The first-order chi connectivity index (χ1) is 10.2. The van der Waals surface area contributed by atoms with Crippen LogP contribution < -0.4 is 5.73 Å². The lowest BCUT2D eigenvalue weighted by atomic mass is 9.94. The molecule has 1 aliphatic rings. The molecular formula is C18H21NOS. The summed E-state index contributed by atoms with van der Waals surface area (Å²) in [6.07, 6.45) is 4.13. The van der Waals surface area contributed by atoms with Crippen molar-refractivity contribution in [1.82, 2.24) is 0 Å². The van der Waals surface area contributed by atoms with Gasteiger partial charge in [-0.2, -0.15) is 0 Å². The molecule has 0 fully saturated rings. The largest absolute Gasteiger partial charge is 0.326 e. The molecule has 21 heavy (non-hydrogen) atoms. The fraction of sp³-hybridized carbons (Fsp3) is 0.278. The molecule has 2 nitrogen and oxygen atoms in total. The Labute approximate surface area is 130 Å². The van der Waals surface area contributed by atoms with Crippen LogP contribution in [0.1, 0.15) is 37.6 Å². The van der Waals surface area contributed by atoms with E-state index in [-0.39, 0.29) is 5.78 Å². The van der Waals surface area contributed by atoms with Gasteiger partial charge >= 0.3 is 0 Å². The number of rotatable bonds is 2. The predicted molar refractivity (Wildman–Crippen MR) is 92.4 cm³/mol. The molecule has 1 aliphatic carbocycles. The van der Waals surface area contributed by atoms with Crippen molar-refractivity contribution in [2.45, 2.75) is 33.7 Å². The van der Waals surface area contributed by atoms with E-state index in [1.165, 1.54) is 26.1 Å². The van der Waals surface area contributed by atoms with Crippen LogP contribution in [0.25, 0.3) is 15.7 Å². The molecule has 2 N–H and O–H groups in total. The second kappa shape index (κ2) is 6.83. The predicted octanol–water partition coefficient (Wildman–Crippen LogP) is 4.69. The molecule has 3 heteroatoms. The van der Waals surface area contributed by atoms with Gasteiger partial charge in [-0.05, 0) is 35.6 Å². The summed E-state index contributed by atoms with van der Waals surface area (Å²) in [7, 11) is 0. The van der Waals surface area contributed by atoms with Crippen molar-refractivity contribution < 1.29 is 4.79 Å². The maximum absolute atomic E-state index is 11.4. The molecule has 0 unspecified atom stereocenters. The fourth-order valence-corrected chi connectivity index (χ4v) is 3.86. The second-order valence-corrected chi connectivity index (χ2v) is 5.83. The Morgan fingerprint density at radius 3 is 2.57 bits per heavy atom. The number of hydrogen-bond acceptors (Lipinski definition) is 3. The van der Waals surface area contributed by atoms with Crippen molar-refractivity contribution in [1.29, 1.82) is 0 Å². The molecule has 0 aliphatic heterocycles. The molecule has 0 amide bonds. The third kappa shape index (κ3) is 2.99. The molecule has 2 aromatic rings. The highest BCUT2D eigenvalue weighted by Gasteiger charge is 2.18. The standard InChI is InChI=1S/C16H15NOS.C2H6/c1-10-8-11(18)6-7-12(10)16-14(9-17)13-4-2-3-5-15(13)19-16;1-2/h2-7H,8-9,17H2,1H3;1-2H3. The molecular weight excluding hydrogens is 278 g/mol. The Morgan fingerprint density at radius 1 is 1.19 bits per heavy atom. The molecule has 0 bridgehead atoms. The SMILES string of the molecule is CC.CC1=C(c2sc3ccccc3c2CN)C=CC(=O)C1. The van der Waals surface area contributed by atoms with E-state index in [0.29, 0.717) is 13.0 Å². The zero-order chi connectivity index (χ0) is 15.4. The van der Waals surface area contributed by atoms with Gasteiger partial charge in [0.05, 0.1) is 0 Å². The van der Waals surface area contributed by atoms with Gasteiger partial charge in [0, 0.05) is 22.5 Å². The van der Waals surface area contributed by atoms with Crippen LogP contribution >= 0.6 is 11.3 Å². The first-order valence-corrected chi connectivity index (χ1v) is 8.14. The maximum Gasteiger partial charge on any atom is 0.159 e. The highest BCUT2D eigenvalue weighted by atomic mass is 32.1. The van der Waals surface area contributed by atoms with E-state index < -0.39 is 0 Å². The van der Waals surface area contributed by atoms with Crippen molar-refractivity contribution in [2.24, 2.45) is 5.73 Å². The van der Waals surface area contributed by atoms with Crippen LogP contribution in [0.4, 0.5) is 0 Å². The lowest BCUT2D eigenvalue weighted by molar-refractivity contribution is -0.114. The first kappa shape index (κ1) is 15.7. The Morgan fingerprint density at radius 2 is 1.90 bits per heavy atom. The van der Waals surface area contributed by atoms with Crippen molar-refractivity contribution in [3.05, 3.63) is 52.4 Å². The number of fused-ring (bicyclic) bond motifs is 1. The van der Waals surface area contributed by atoms with E-state index >= 15 is 0 Å². The molecule has 0 atom stereocenters. The van der Waals surface area contributed by atoms with E-state index in [9.17, 15) is 4.79 Å². The minimum Gasteiger partial charge on any atom is -0.326 e. The average molecular weight is 299 g/mol. The number of nitrogens with two attached hydrogens (primary N) is 1. The topological polar surface area (TPSA) is 43.1 Å². The molecule has 1 aromatic heterocycles. The minimum absolute atomic E-state index is 0.177. The third-order valence-corrected chi connectivity index (χ3v) is 4.73. The van der Waals surface area contributed by atoms with Gasteiger partial charge in [-0.1, -0.05) is 43.7 Å². The van der Waals surface area contributed by atoms with Crippen LogP contribution in [0.3, 0.4) is 0 Å². The highest BCUT2D eigenvalue weighted by Crippen LogP contribution is 2.38. The molecule has 0 radical (unpaired) electrons. The summed E-state index contributed by atoms with van der Waals surface area (Å²) in [4.78, 5) is 12.6. The Kier molecular flexibility index (Phi) is 5.10. The lowest BCUT2D eigenvalue weighted by Gasteiger charge is -2.12. The molecule has 110 valence electrons. The van der Waals surface area contributed by atoms with E-state index in [1.54, 1.807) is 17.4 Å². The Hall–Kier alpha value is -1.71. The quantitative estimate of drug-likeness (QED) is 0.874. The van der Waals surface area contributed by atoms with Crippen molar-refractivity contribution in [3.63, 3.8) is 0 Å². The van der Waals surface area contributed by atoms with Crippen LogP contribution in [0.15, 0.2) is 42.0 Å². The summed E-state index contributed by atoms with van der Waals surface area (Å²) in [5.74, 6) is 0.177. The van der Waals surface area contributed by atoms with Crippen molar-refractivity contribution in [3.8, 4) is 0 Å². The summed E-state index contributed by atoms with van der Waals surface area (Å²) in [5, 5.41) is 1.23. The summed E-state index contributed by atoms with van der Waals surface area (Å²) in [6, 6.07) is 8.32. The van der Waals surface area contributed by atoms with Gasteiger partial charge in [0.15, 0.2) is 5.78 Å². The number of thiophene rings is 1. The summed E-state index contributed by atoms with van der Waals surface area (Å²) < 4.78 is 1.25. The maximum atomic E-state index is 11.4. The van der Waals surface area contributed by atoms with Gasteiger partial charge in [-0.3, -0.25) is 4.79 Å².